The summed E-state index contributed by atoms with van der Waals surface area (Å²) >= 11 is 0. The van der Waals surface area contributed by atoms with Crippen LogP contribution in [-0.4, -0.2) is 36.8 Å². The summed E-state index contributed by atoms with van der Waals surface area (Å²) in [6, 6.07) is 25.5. The molecule has 170 valence electrons. The number of hydrogen-bond acceptors (Lipinski definition) is 4. The van der Waals surface area contributed by atoms with Gasteiger partial charge < -0.3 is 14.2 Å². The third kappa shape index (κ3) is 5.13. The second-order valence-electron chi connectivity index (χ2n) is 9.23. The second kappa shape index (κ2) is 9.42. The lowest BCUT2D eigenvalue weighted by Gasteiger charge is -2.36. The molecule has 3 aromatic carbocycles. The summed E-state index contributed by atoms with van der Waals surface area (Å²) in [5.41, 5.74) is 4.49. The Balaban J connectivity index is 1.45. The highest BCUT2D eigenvalue weighted by molar-refractivity contribution is 5.62. The van der Waals surface area contributed by atoms with Gasteiger partial charge in [0.1, 0.15) is 23.7 Å². The fourth-order valence-electron chi connectivity index (χ4n) is 4.53. The molecule has 0 aliphatic carbocycles. The lowest BCUT2D eigenvalue weighted by molar-refractivity contribution is 0.0239. The van der Waals surface area contributed by atoms with E-state index >= 15 is 0 Å². The maximum absolute atomic E-state index is 6.16. The van der Waals surface area contributed by atoms with Gasteiger partial charge in [-0.25, -0.2) is 0 Å². The summed E-state index contributed by atoms with van der Waals surface area (Å²) < 4.78 is 18.0. The van der Waals surface area contributed by atoms with Crippen LogP contribution in [0.2, 0.25) is 0 Å². The topological polar surface area (TPSA) is 30.9 Å². The quantitative estimate of drug-likeness (QED) is 0.479. The number of benzene rings is 3. The first-order valence-corrected chi connectivity index (χ1v) is 11.7. The highest BCUT2D eigenvalue weighted by Gasteiger charge is 2.27. The third-order valence-electron chi connectivity index (χ3n) is 6.22. The van der Waals surface area contributed by atoms with Crippen molar-refractivity contribution in [3.05, 3.63) is 101 Å². The van der Waals surface area contributed by atoms with Crippen molar-refractivity contribution in [2.75, 3.05) is 26.3 Å². The Labute approximate surface area is 196 Å². The minimum atomic E-state index is -0.275. The van der Waals surface area contributed by atoms with Gasteiger partial charge in [0.2, 0.25) is 0 Å². The number of nitrogens with zero attached hydrogens (tertiary/aromatic N) is 1. The van der Waals surface area contributed by atoms with E-state index in [0.29, 0.717) is 6.61 Å². The van der Waals surface area contributed by atoms with Crippen molar-refractivity contribution in [2.45, 2.75) is 32.1 Å². The Morgan fingerprint density at radius 1 is 0.909 bits per heavy atom. The molecule has 5 rings (SSSR count). The van der Waals surface area contributed by atoms with Gasteiger partial charge in [0, 0.05) is 18.7 Å². The van der Waals surface area contributed by atoms with Crippen LogP contribution < -0.4 is 9.47 Å². The van der Waals surface area contributed by atoms with Gasteiger partial charge >= 0.3 is 0 Å². The molecule has 2 aliphatic rings. The summed E-state index contributed by atoms with van der Waals surface area (Å²) in [5, 5.41) is 0. The van der Waals surface area contributed by atoms with Gasteiger partial charge in [0.05, 0.1) is 19.3 Å². The molecule has 2 heterocycles. The Morgan fingerprint density at radius 3 is 2.52 bits per heavy atom. The van der Waals surface area contributed by atoms with Crippen molar-refractivity contribution in [2.24, 2.45) is 0 Å². The van der Waals surface area contributed by atoms with Gasteiger partial charge in [0.25, 0.3) is 0 Å². The zero-order valence-electron chi connectivity index (χ0n) is 19.4. The molecule has 0 spiro atoms. The minimum absolute atomic E-state index is 0.128. The molecule has 1 unspecified atom stereocenters. The molecule has 4 heteroatoms. The van der Waals surface area contributed by atoms with Crippen LogP contribution in [0.15, 0.2) is 78.9 Å². The first-order chi connectivity index (χ1) is 16.1. The van der Waals surface area contributed by atoms with Gasteiger partial charge in [-0.1, -0.05) is 54.6 Å². The molecular formula is C29H31NO3. The Morgan fingerprint density at radius 2 is 1.70 bits per heavy atom. The highest BCUT2D eigenvalue weighted by Crippen LogP contribution is 2.37. The molecule has 0 radical (unpaired) electrons. The molecule has 0 saturated carbocycles. The molecular weight excluding hydrogens is 410 g/mol. The van der Waals surface area contributed by atoms with E-state index in [1.54, 1.807) is 0 Å². The largest absolute Gasteiger partial charge is 0.489 e. The van der Waals surface area contributed by atoms with E-state index in [2.05, 4.69) is 79.4 Å². The van der Waals surface area contributed by atoms with Crippen molar-refractivity contribution in [1.82, 2.24) is 4.90 Å². The molecule has 2 aliphatic heterocycles. The lowest BCUT2D eigenvalue weighted by atomic mass is 9.93. The zero-order chi connectivity index (χ0) is 22.7. The van der Waals surface area contributed by atoms with Crippen LogP contribution in [0.3, 0.4) is 0 Å². The molecule has 1 atom stereocenters. The van der Waals surface area contributed by atoms with Gasteiger partial charge in [-0.2, -0.15) is 0 Å². The SMILES string of the molecule is CC1(C)C=Cc2cc(C(c3cccc(OCc4ccccc4)c3)N3CCOCC3)ccc2O1. The van der Waals surface area contributed by atoms with Gasteiger partial charge in [0.15, 0.2) is 0 Å². The Bertz CT molecular complexity index is 1120. The lowest BCUT2D eigenvalue weighted by Crippen LogP contribution is -2.39. The van der Waals surface area contributed by atoms with Crippen LogP contribution in [-0.2, 0) is 11.3 Å². The maximum atomic E-state index is 6.16. The van der Waals surface area contributed by atoms with Crippen molar-refractivity contribution in [3.63, 3.8) is 0 Å². The number of rotatable bonds is 6. The summed E-state index contributed by atoms with van der Waals surface area (Å²) in [4.78, 5) is 2.50. The second-order valence-corrected chi connectivity index (χ2v) is 9.23. The van der Waals surface area contributed by atoms with Crippen LogP contribution >= 0.6 is 0 Å². The number of morpholine rings is 1. The average molecular weight is 442 g/mol. The predicted octanol–water partition coefficient (Wildman–Crippen LogP) is 5.87. The van der Waals surface area contributed by atoms with Crippen molar-refractivity contribution in [1.29, 1.82) is 0 Å². The van der Waals surface area contributed by atoms with Gasteiger partial charge in [-0.3, -0.25) is 4.90 Å². The fourth-order valence-corrected chi connectivity index (χ4v) is 4.53. The van der Waals surface area contributed by atoms with Crippen molar-refractivity contribution in [3.8, 4) is 11.5 Å². The van der Waals surface area contributed by atoms with E-state index < -0.39 is 0 Å². The number of hydrogen-bond donors (Lipinski definition) is 0. The van der Waals surface area contributed by atoms with E-state index in [-0.39, 0.29) is 11.6 Å². The van der Waals surface area contributed by atoms with E-state index in [9.17, 15) is 0 Å². The van der Waals surface area contributed by atoms with E-state index in [0.717, 1.165) is 48.9 Å². The van der Waals surface area contributed by atoms with Crippen LogP contribution in [0.5, 0.6) is 11.5 Å². The third-order valence-corrected chi connectivity index (χ3v) is 6.22. The van der Waals surface area contributed by atoms with Crippen molar-refractivity contribution < 1.29 is 14.2 Å². The monoisotopic (exact) mass is 441 g/mol. The first kappa shape index (κ1) is 21.7. The summed E-state index contributed by atoms with van der Waals surface area (Å²) in [5.74, 6) is 1.82. The van der Waals surface area contributed by atoms with Gasteiger partial charge in [-0.15, -0.1) is 0 Å². The highest BCUT2D eigenvalue weighted by atomic mass is 16.5. The van der Waals surface area contributed by atoms with Crippen LogP contribution in [0, 0.1) is 0 Å². The molecule has 4 nitrogen and oxygen atoms in total. The van der Waals surface area contributed by atoms with Crippen LogP contribution in [0.25, 0.3) is 6.08 Å². The zero-order valence-corrected chi connectivity index (χ0v) is 19.4. The number of fused-ring (bicyclic) bond motifs is 1. The normalized spacial score (nSPS) is 18.2. The standard InChI is InChI=1S/C29H31NO3/c1-29(2)14-13-23-19-25(11-12-27(23)33-29)28(30-15-17-31-18-16-30)24-9-6-10-26(20-24)32-21-22-7-4-3-5-8-22/h3-14,19-20,28H,15-18,21H2,1-2H3. The van der Waals surface area contributed by atoms with Crippen LogP contribution in [0.1, 0.15) is 42.1 Å². The minimum Gasteiger partial charge on any atom is -0.489 e. The van der Waals surface area contributed by atoms with Crippen molar-refractivity contribution >= 4 is 6.08 Å². The summed E-state index contributed by atoms with van der Waals surface area (Å²) in [6.45, 7) is 8.02. The molecule has 1 fully saturated rings. The summed E-state index contributed by atoms with van der Waals surface area (Å²) in [7, 11) is 0. The Hall–Kier alpha value is -3.08. The first-order valence-electron chi connectivity index (χ1n) is 11.7. The molecule has 0 amide bonds. The van der Waals surface area contributed by atoms with E-state index in [1.807, 2.05) is 24.3 Å². The van der Waals surface area contributed by atoms with E-state index in [4.69, 9.17) is 14.2 Å². The molecule has 33 heavy (non-hydrogen) atoms. The average Bonchev–Trinajstić information content (AvgIpc) is 2.84. The number of ether oxygens (including phenoxy) is 3. The molecule has 3 aromatic rings. The Kier molecular flexibility index (Phi) is 6.21. The smallest absolute Gasteiger partial charge is 0.127 e. The molecule has 0 bridgehead atoms. The summed E-state index contributed by atoms with van der Waals surface area (Å²) in [6.07, 6.45) is 4.30. The molecule has 0 N–H and O–H groups in total. The maximum Gasteiger partial charge on any atom is 0.127 e. The molecule has 1 saturated heterocycles. The predicted molar refractivity (Wildman–Crippen MR) is 132 cm³/mol. The van der Waals surface area contributed by atoms with Gasteiger partial charge in [-0.05, 0) is 60.9 Å². The van der Waals surface area contributed by atoms with Crippen LogP contribution in [0.4, 0.5) is 0 Å². The molecule has 0 aromatic heterocycles. The van der Waals surface area contributed by atoms with E-state index in [1.165, 1.54) is 11.1 Å². The fraction of sp³-hybridized carbons (Fsp3) is 0.310.